The van der Waals surface area contributed by atoms with Crippen molar-refractivity contribution >= 4 is 12.0 Å². The minimum absolute atomic E-state index is 0.285. The summed E-state index contributed by atoms with van der Waals surface area (Å²) in [4.78, 5) is 18.0. The summed E-state index contributed by atoms with van der Waals surface area (Å²) >= 11 is 0. The third kappa shape index (κ3) is 5.98. The van der Waals surface area contributed by atoms with Gasteiger partial charge in [-0.05, 0) is 74.4 Å². The van der Waals surface area contributed by atoms with Crippen LogP contribution in [-0.4, -0.2) is 49.3 Å². The van der Waals surface area contributed by atoms with Gasteiger partial charge in [0.25, 0.3) is 0 Å². The predicted molar refractivity (Wildman–Crippen MR) is 127 cm³/mol. The van der Waals surface area contributed by atoms with Crippen LogP contribution in [0.1, 0.15) is 57.1 Å². The SMILES string of the molecule is CC(C)N(C(/C=C\C=O)=C/N(C)C)c1ccc2c(c1)CN(CC1CCCCC1)CC2. The summed E-state index contributed by atoms with van der Waals surface area (Å²) in [6.07, 6.45) is 14.6. The Morgan fingerprint density at radius 2 is 1.93 bits per heavy atom. The molecule has 1 heterocycles. The van der Waals surface area contributed by atoms with E-state index in [0.717, 1.165) is 30.9 Å². The zero-order valence-electron chi connectivity index (χ0n) is 19.3. The number of hydrogen-bond donors (Lipinski definition) is 0. The molecule has 2 aliphatic rings. The van der Waals surface area contributed by atoms with E-state index in [0.29, 0.717) is 0 Å². The first-order valence-corrected chi connectivity index (χ1v) is 11.6. The zero-order valence-corrected chi connectivity index (χ0v) is 19.3. The van der Waals surface area contributed by atoms with E-state index in [1.165, 1.54) is 62.0 Å². The van der Waals surface area contributed by atoms with Crippen LogP contribution in [0.15, 0.2) is 42.2 Å². The maximum atomic E-state index is 11.0. The molecule has 3 rings (SSSR count). The van der Waals surface area contributed by atoms with Gasteiger partial charge < -0.3 is 9.80 Å². The number of rotatable bonds is 8. The number of benzene rings is 1. The largest absolute Gasteiger partial charge is 0.382 e. The maximum absolute atomic E-state index is 11.0. The Bertz CT molecular complexity index is 760. The Morgan fingerprint density at radius 3 is 2.60 bits per heavy atom. The molecule has 4 nitrogen and oxygen atoms in total. The highest BCUT2D eigenvalue weighted by Crippen LogP contribution is 2.31. The van der Waals surface area contributed by atoms with Gasteiger partial charge in [0.2, 0.25) is 0 Å². The molecule has 164 valence electrons. The molecule has 0 aromatic heterocycles. The minimum atomic E-state index is 0.285. The van der Waals surface area contributed by atoms with Gasteiger partial charge in [0, 0.05) is 51.7 Å². The highest BCUT2D eigenvalue weighted by atomic mass is 16.1. The van der Waals surface area contributed by atoms with E-state index in [1.807, 2.05) is 25.1 Å². The van der Waals surface area contributed by atoms with Gasteiger partial charge in [0.05, 0.1) is 5.70 Å². The van der Waals surface area contributed by atoms with E-state index in [2.05, 4.69) is 48.0 Å². The molecule has 30 heavy (non-hydrogen) atoms. The number of fused-ring (bicyclic) bond motifs is 1. The fraction of sp³-hybridized carbons (Fsp3) is 0.577. The summed E-state index contributed by atoms with van der Waals surface area (Å²) in [6.45, 7) is 7.90. The summed E-state index contributed by atoms with van der Waals surface area (Å²) in [7, 11) is 4.03. The van der Waals surface area contributed by atoms with Gasteiger partial charge in [-0.15, -0.1) is 0 Å². The van der Waals surface area contributed by atoms with Crippen molar-refractivity contribution in [2.75, 3.05) is 32.1 Å². The maximum Gasteiger partial charge on any atom is 0.142 e. The van der Waals surface area contributed by atoms with Gasteiger partial charge in [-0.1, -0.05) is 25.3 Å². The second-order valence-electron chi connectivity index (χ2n) is 9.42. The first-order valence-electron chi connectivity index (χ1n) is 11.6. The van der Waals surface area contributed by atoms with E-state index in [9.17, 15) is 4.79 Å². The Kier molecular flexibility index (Phi) is 8.15. The lowest BCUT2D eigenvalue weighted by atomic mass is 9.88. The molecule has 0 saturated heterocycles. The Morgan fingerprint density at radius 1 is 1.17 bits per heavy atom. The molecule has 4 heteroatoms. The monoisotopic (exact) mass is 409 g/mol. The number of carbonyl (C=O) groups is 1. The third-order valence-electron chi connectivity index (χ3n) is 6.33. The quantitative estimate of drug-likeness (QED) is 0.343. The normalized spacial score (nSPS) is 18.6. The molecule has 0 radical (unpaired) electrons. The second-order valence-corrected chi connectivity index (χ2v) is 9.42. The van der Waals surface area contributed by atoms with Gasteiger partial charge in [0.1, 0.15) is 6.29 Å². The van der Waals surface area contributed by atoms with Gasteiger partial charge >= 0.3 is 0 Å². The van der Waals surface area contributed by atoms with E-state index >= 15 is 0 Å². The zero-order chi connectivity index (χ0) is 21.5. The average Bonchev–Trinajstić information content (AvgIpc) is 2.72. The van der Waals surface area contributed by atoms with Crippen LogP contribution in [0.5, 0.6) is 0 Å². The number of aldehydes is 1. The molecule has 0 spiro atoms. The molecule has 1 aliphatic heterocycles. The van der Waals surface area contributed by atoms with E-state index in [1.54, 1.807) is 6.08 Å². The van der Waals surface area contributed by atoms with Gasteiger partial charge in [0.15, 0.2) is 0 Å². The van der Waals surface area contributed by atoms with Crippen molar-refractivity contribution in [3.63, 3.8) is 0 Å². The molecule has 0 atom stereocenters. The van der Waals surface area contributed by atoms with Crippen LogP contribution < -0.4 is 4.90 Å². The van der Waals surface area contributed by atoms with Crippen molar-refractivity contribution in [3.05, 3.63) is 53.4 Å². The fourth-order valence-corrected chi connectivity index (χ4v) is 4.98. The van der Waals surface area contributed by atoms with E-state index in [-0.39, 0.29) is 6.04 Å². The van der Waals surface area contributed by atoms with E-state index in [4.69, 9.17) is 0 Å². The summed E-state index contributed by atoms with van der Waals surface area (Å²) in [6, 6.07) is 7.22. The fourth-order valence-electron chi connectivity index (χ4n) is 4.98. The lowest BCUT2D eigenvalue weighted by Gasteiger charge is -2.35. The topological polar surface area (TPSA) is 26.8 Å². The molecule has 1 fully saturated rings. The van der Waals surface area contributed by atoms with Crippen LogP contribution in [0.2, 0.25) is 0 Å². The molecule has 1 aromatic carbocycles. The summed E-state index contributed by atoms with van der Waals surface area (Å²) in [5.41, 5.74) is 5.18. The van der Waals surface area contributed by atoms with Gasteiger partial charge in [-0.3, -0.25) is 9.69 Å². The summed E-state index contributed by atoms with van der Waals surface area (Å²) < 4.78 is 0. The van der Waals surface area contributed by atoms with Crippen molar-refractivity contribution in [2.45, 2.75) is 65.0 Å². The van der Waals surface area contributed by atoms with E-state index < -0.39 is 0 Å². The van der Waals surface area contributed by atoms with Crippen molar-refractivity contribution in [1.29, 1.82) is 0 Å². The van der Waals surface area contributed by atoms with Crippen LogP contribution in [0.3, 0.4) is 0 Å². The standard InChI is InChI=1S/C26H39N3O/c1-21(2)29(26(11-8-16-30)20-27(3)4)25-13-12-23-14-15-28(19-24(23)17-25)18-22-9-6-5-7-10-22/h8,11-13,16-17,20-22H,5-7,9-10,14-15,18-19H2,1-4H3/b11-8-,26-20+. The smallest absolute Gasteiger partial charge is 0.142 e. The number of anilines is 1. The first kappa shape index (κ1) is 22.6. The number of carbonyl (C=O) groups excluding carboxylic acids is 1. The van der Waals surface area contributed by atoms with Crippen LogP contribution in [0, 0.1) is 5.92 Å². The summed E-state index contributed by atoms with van der Waals surface area (Å²) in [5, 5.41) is 0. The molecule has 1 saturated carbocycles. The first-order chi connectivity index (χ1) is 14.5. The predicted octanol–water partition coefficient (Wildman–Crippen LogP) is 5.00. The number of hydrogen-bond acceptors (Lipinski definition) is 4. The van der Waals surface area contributed by atoms with Crippen molar-refractivity contribution < 1.29 is 4.79 Å². The Hall–Kier alpha value is -2.07. The molecule has 0 amide bonds. The van der Waals surface area contributed by atoms with Crippen molar-refractivity contribution in [2.24, 2.45) is 5.92 Å². The molecule has 0 N–H and O–H groups in total. The second kappa shape index (κ2) is 10.8. The molecular formula is C26H39N3O. The Labute approximate surface area is 183 Å². The van der Waals surface area contributed by atoms with Crippen molar-refractivity contribution in [3.8, 4) is 0 Å². The highest BCUT2D eigenvalue weighted by molar-refractivity contribution is 5.67. The molecule has 0 bridgehead atoms. The molecule has 1 aromatic rings. The van der Waals surface area contributed by atoms with Gasteiger partial charge in [-0.25, -0.2) is 0 Å². The van der Waals surface area contributed by atoms with Crippen LogP contribution >= 0.6 is 0 Å². The molecule has 0 unspecified atom stereocenters. The summed E-state index contributed by atoms with van der Waals surface area (Å²) in [5.74, 6) is 0.888. The van der Waals surface area contributed by atoms with Crippen LogP contribution in [0.25, 0.3) is 0 Å². The molecule has 1 aliphatic carbocycles. The third-order valence-corrected chi connectivity index (χ3v) is 6.33. The van der Waals surface area contributed by atoms with Gasteiger partial charge in [-0.2, -0.15) is 0 Å². The van der Waals surface area contributed by atoms with Crippen LogP contribution in [-0.2, 0) is 17.8 Å². The van der Waals surface area contributed by atoms with Crippen molar-refractivity contribution in [1.82, 2.24) is 9.80 Å². The minimum Gasteiger partial charge on any atom is -0.382 e. The average molecular weight is 410 g/mol. The highest BCUT2D eigenvalue weighted by Gasteiger charge is 2.23. The number of nitrogens with zero attached hydrogens (tertiary/aromatic N) is 3. The number of allylic oxidation sites excluding steroid dienone is 2. The van der Waals surface area contributed by atoms with Crippen LogP contribution in [0.4, 0.5) is 5.69 Å². The Balaban J connectivity index is 1.82. The lowest BCUT2D eigenvalue weighted by molar-refractivity contribution is -0.104. The molecular weight excluding hydrogens is 370 g/mol. The lowest BCUT2D eigenvalue weighted by Crippen LogP contribution is -2.35.